The number of carbonyl (C=O) groups excluding carboxylic acids is 1. The van der Waals surface area contributed by atoms with Crippen LogP contribution in [0.2, 0.25) is 0 Å². The number of aromatic amines is 1. The summed E-state index contributed by atoms with van der Waals surface area (Å²) in [7, 11) is 0. The highest BCUT2D eigenvalue weighted by Gasteiger charge is 2.14. The van der Waals surface area contributed by atoms with Gasteiger partial charge >= 0.3 is 0 Å². The molecule has 0 bridgehead atoms. The number of rotatable bonds is 5. The molecule has 1 heterocycles. The Balaban J connectivity index is 1.51. The van der Waals surface area contributed by atoms with E-state index in [9.17, 15) is 4.79 Å². The third kappa shape index (κ3) is 4.09. The van der Waals surface area contributed by atoms with Gasteiger partial charge in [0.05, 0.1) is 15.5 Å². The Morgan fingerprint density at radius 1 is 1.10 bits per heavy atom. The fourth-order valence-electron chi connectivity index (χ4n) is 3.52. The van der Waals surface area contributed by atoms with Crippen molar-refractivity contribution in [3.05, 3.63) is 75.8 Å². The zero-order valence-electron chi connectivity index (χ0n) is 17.0. The number of hydrogen-bond donors (Lipinski definition) is 2. The van der Waals surface area contributed by atoms with Crippen molar-refractivity contribution in [2.75, 3.05) is 11.9 Å². The van der Waals surface area contributed by atoms with Gasteiger partial charge in [-0.25, -0.2) is 4.98 Å². The Morgan fingerprint density at radius 2 is 1.90 bits per heavy atom. The van der Waals surface area contributed by atoms with Gasteiger partial charge in [-0.3, -0.25) is 4.79 Å². The van der Waals surface area contributed by atoms with Crippen molar-refractivity contribution >= 4 is 38.6 Å². The summed E-state index contributed by atoms with van der Waals surface area (Å²) >= 11 is 3.51. The molecule has 0 saturated carbocycles. The molecule has 0 aliphatic carbocycles. The van der Waals surface area contributed by atoms with Crippen LogP contribution in [0.3, 0.4) is 0 Å². The lowest BCUT2D eigenvalue weighted by molar-refractivity contribution is -0.118. The largest absolute Gasteiger partial charge is 0.482 e. The van der Waals surface area contributed by atoms with Gasteiger partial charge in [-0.15, -0.1) is 0 Å². The standard InChI is InChI=1S/C24H22BrN3O2/c1-14-11-15(2)23(18(25)12-14)30-13-22(29)26-19-10-6-7-17(16(19)3)24-27-20-8-4-5-9-21(20)28-24/h4-12H,13H2,1-3H3,(H,26,29)(H,27,28). The van der Waals surface area contributed by atoms with Crippen LogP contribution in [-0.2, 0) is 4.79 Å². The second-order valence-electron chi connectivity index (χ2n) is 7.31. The summed E-state index contributed by atoms with van der Waals surface area (Å²) in [5.41, 5.74) is 6.63. The van der Waals surface area contributed by atoms with Crippen molar-refractivity contribution in [1.82, 2.24) is 9.97 Å². The van der Waals surface area contributed by atoms with E-state index >= 15 is 0 Å². The predicted octanol–water partition coefficient (Wildman–Crippen LogP) is 5.94. The zero-order chi connectivity index (χ0) is 21.3. The molecule has 0 saturated heterocycles. The fourth-order valence-corrected chi connectivity index (χ4v) is 4.31. The van der Waals surface area contributed by atoms with Gasteiger partial charge in [0.1, 0.15) is 11.6 Å². The van der Waals surface area contributed by atoms with E-state index in [0.29, 0.717) is 5.75 Å². The highest BCUT2D eigenvalue weighted by molar-refractivity contribution is 9.10. The van der Waals surface area contributed by atoms with Gasteiger partial charge in [-0.1, -0.05) is 30.3 Å². The van der Waals surface area contributed by atoms with E-state index in [1.54, 1.807) is 0 Å². The van der Waals surface area contributed by atoms with Gasteiger partial charge in [0.25, 0.3) is 5.91 Å². The molecule has 4 aromatic rings. The maximum atomic E-state index is 12.5. The number of ether oxygens (including phenoxy) is 1. The van der Waals surface area contributed by atoms with Gasteiger partial charge < -0.3 is 15.0 Å². The maximum Gasteiger partial charge on any atom is 0.262 e. The van der Waals surface area contributed by atoms with Crippen molar-refractivity contribution in [2.45, 2.75) is 20.8 Å². The highest BCUT2D eigenvalue weighted by Crippen LogP contribution is 2.31. The minimum absolute atomic E-state index is 0.0726. The van der Waals surface area contributed by atoms with Crippen LogP contribution < -0.4 is 10.1 Å². The van der Waals surface area contributed by atoms with E-state index in [2.05, 4.69) is 31.2 Å². The smallest absolute Gasteiger partial charge is 0.262 e. The number of halogens is 1. The first-order valence-corrected chi connectivity index (χ1v) is 10.5. The van der Waals surface area contributed by atoms with Gasteiger partial charge in [0.15, 0.2) is 6.61 Å². The first-order valence-electron chi connectivity index (χ1n) is 9.66. The monoisotopic (exact) mass is 463 g/mol. The maximum absolute atomic E-state index is 12.5. The lowest BCUT2D eigenvalue weighted by Gasteiger charge is -2.14. The number of fused-ring (bicyclic) bond motifs is 1. The number of H-pyrrole nitrogens is 1. The number of nitrogens with one attached hydrogen (secondary N) is 2. The van der Waals surface area contributed by atoms with Crippen LogP contribution in [0.15, 0.2) is 59.1 Å². The van der Waals surface area contributed by atoms with E-state index in [4.69, 9.17) is 4.74 Å². The lowest BCUT2D eigenvalue weighted by Crippen LogP contribution is -2.21. The fraction of sp³-hybridized carbons (Fsp3) is 0.167. The van der Waals surface area contributed by atoms with Crippen molar-refractivity contribution < 1.29 is 9.53 Å². The molecule has 152 valence electrons. The van der Waals surface area contributed by atoms with Crippen LogP contribution >= 0.6 is 15.9 Å². The molecule has 1 amide bonds. The third-order valence-corrected chi connectivity index (χ3v) is 5.56. The van der Waals surface area contributed by atoms with Crippen molar-refractivity contribution in [3.63, 3.8) is 0 Å². The number of nitrogens with zero attached hydrogens (tertiary/aromatic N) is 1. The van der Waals surface area contributed by atoms with E-state index in [-0.39, 0.29) is 12.5 Å². The van der Waals surface area contributed by atoms with Crippen molar-refractivity contribution in [2.24, 2.45) is 0 Å². The highest BCUT2D eigenvalue weighted by atomic mass is 79.9. The summed E-state index contributed by atoms with van der Waals surface area (Å²) in [5.74, 6) is 1.25. The Hall–Kier alpha value is -3.12. The van der Waals surface area contributed by atoms with Gasteiger partial charge in [-0.05, 0) is 77.7 Å². The molecule has 6 heteroatoms. The van der Waals surface area contributed by atoms with E-state index in [1.165, 1.54) is 0 Å². The van der Waals surface area contributed by atoms with E-state index < -0.39 is 0 Å². The van der Waals surface area contributed by atoms with Crippen LogP contribution in [0.25, 0.3) is 22.4 Å². The molecule has 4 rings (SSSR count). The quantitative estimate of drug-likeness (QED) is 0.385. The van der Waals surface area contributed by atoms with Crippen LogP contribution in [0.1, 0.15) is 16.7 Å². The number of carbonyl (C=O) groups is 1. The first kappa shape index (κ1) is 20.2. The third-order valence-electron chi connectivity index (χ3n) is 4.97. The molecule has 0 spiro atoms. The van der Waals surface area contributed by atoms with Gasteiger partial charge in [-0.2, -0.15) is 0 Å². The van der Waals surface area contributed by atoms with Crippen molar-refractivity contribution in [3.8, 4) is 17.1 Å². The van der Waals surface area contributed by atoms with Crippen LogP contribution in [0.5, 0.6) is 5.75 Å². The Bertz CT molecular complexity index is 1190. The van der Waals surface area contributed by atoms with Gasteiger partial charge in [0.2, 0.25) is 0 Å². The van der Waals surface area contributed by atoms with Gasteiger partial charge in [0, 0.05) is 11.3 Å². The number of aromatic nitrogens is 2. The van der Waals surface area contributed by atoms with Crippen LogP contribution in [0, 0.1) is 20.8 Å². The average Bonchev–Trinajstić information content (AvgIpc) is 3.12. The normalized spacial score (nSPS) is 10.9. The minimum Gasteiger partial charge on any atom is -0.482 e. The molecule has 5 nitrogen and oxygen atoms in total. The average molecular weight is 464 g/mol. The molecule has 0 fully saturated rings. The molecule has 1 aromatic heterocycles. The van der Waals surface area contributed by atoms with E-state index in [0.717, 1.165) is 49.3 Å². The van der Waals surface area contributed by atoms with Crippen LogP contribution in [-0.4, -0.2) is 22.5 Å². The number of para-hydroxylation sites is 2. The summed E-state index contributed by atoms with van der Waals surface area (Å²) in [6.45, 7) is 5.88. The summed E-state index contributed by atoms with van der Waals surface area (Å²) in [5, 5.41) is 2.95. The molecule has 0 unspecified atom stereocenters. The number of imidazole rings is 1. The number of hydrogen-bond acceptors (Lipinski definition) is 3. The Morgan fingerprint density at radius 3 is 2.67 bits per heavy atom. The predicted molar refractivity (Wildman–Crippen MR) is 124 cm³/mol. The molecule has 0 radical (unpaired) electrons. The molecular formula is C24H22BrN3O2. The molecule has 30 heavy (non-hydrogen) atoms. The number of anilines is 1. The minimum atomic E-state index is -0.216. The molecule has 0 aliphatic heterocycles. The SMILES string of the molecule is Cc1cc(C)c(OCC(=O)Nc2cccc(-c3nc4ccccc4[nH]3)c2C)c(Br)c1. The topological polar surface area (TPSA) is 67.0 Å². The second kappa shape index (κ2) is 8.32. The second-order valence-corrected chi connectivity index (χ2v) is 8.16. The Kier molecular flexibility index (Phi) is 5.59. The molecule has 0 atom stereocenters. The molecule has 0 aliphatic rings. The number of amides is 1. The first-order chi connectivity index (χ1) is 14.4. The summed E-state index contributed by atoms with van der Waals surface area (Å²) < 4.78 is 6.62. The molecule has 2 N–H and O–H groups in total. The Labute approximate surface area is 183 Å². The molecule has 3 aromatic carbocycles. The summed E-state index contributed by atoms with van der Waals surface area (Å²) in [6.07, 6.45) is 0. The zero-order valence-corrected chi connectivity index (χ0v) is 18.6. The van der Waals surface area contributed by atoms with Crippen LogP contribution in [0.4, 0.5) is 5.69 Å². The molecular weight excluding hydrogens is 442 g/mol. The summed E-state index contributed by atoms with van der Waals surface area (Å²) in [6, 6.07) is 17.7. The number of aryl methyl sites for hydroxylation is 2. The van der Waals surface area contributed by atoms with Crippen molar-refractivity contribution in [1.29, 1.82) is 0 Å². The number of benzene rings is 3. The summed E-state index contributed by atoms with van der Waals surface area (Å²) in [4.78, 5) is 20.6. The lowest BCUT2D eigenvalue weighted by atomic mass is 10.1. The van der Waals surface area contributed by atoms with E-state index in [1.807, 2.05) is 75.4 Å².